The van der Waals surface area contributed by atoms with Crippen LogP contribution in [-0.4, -0.2) is 24.1 Å². The maximum absolute atomic E-state index is 9.86. The van der Waals surface area contributed by atoms with E-state index in [2.05, 4.69) is 94.1 Å². The molecule has 0 amide bonds. The van der Waals surface area contributed by atoms with Crippen LogP contribution < -0.4 is 0 Å². The van der Waals surface area contributed by atoms with Crippen LogP contribution in [0.2, 0.25) is 0 Å². The van der Waals surface area contributed by atoms with E-state index in [4.69, 9.17) is 15.0 Å². The van der Waals surface area contributed by atoms with E-state index in [9.17, 15) is 5.26 Å². The molecule has 0 radical (unpaired) electrons. The van der Waals surface area contributed by atoms with Gasteiger partial charge in [0.25, 0.3) is 0 Å². The number of nitriles is 1. The van der Waals surface area contributed by atoms with E-state index in [-0.39, 0.29) is 0 Å². The van der Waals surface area contributed by atoms with Gasteiger partial charge in [-0.15, -0.1) is 0 Å². The highest BCUT2D eigenvalue weighted by Crippen LogP contribution is 2.41. The second-order valence-corrected chi connectivity index (χ2v) is 12.8. The molecule has 0 saturated carbocycles. The lowest BCUT2D eigenvalue weighted by Gasteiger charge is -2.16. The van der Waals surface area contributed by atoms with E-state index < -0.39 is 0 Å². The first-order valence-corrected chi connectivity index (χ1v) is 17.2. The topological polar surface area (TPSA) is 72.3 Å². The van der Waals surface area contributed by atoms with Crippen LogP contribution in [0.3, 0.4) is 0 Å². The van der Waals surface area contributed by atoms with Crippen molar-refractivity contribution in [2.45, 2.75) is 0 Å². The highest BCUT2D eigenvalue weighted by Gasteiger charge is 2.23. The van der Waals surface area contributed by atoms with E-state index in [1.165, 1.54) is 0 Å². The summed E-state index contributed by atoms with van der Waals surface area (Å²) in [6.07, 6.45) is 0. The summed E-state index contributed by atoms with van der Waals surface area (Å²) in [5, 5.41) is 14.2. The first-order valence-electron chi connectivity index (χ1n) is 17.2. The van der Waals surface area contributed by atoms with Crippen LogP contribution in [0.5, 0.6) is 0 Å². The largest absolute Gasteiger partial charge is 0.309 e. The van der Waals surface area contributed by atoms with Gasteiger partial charge in [0.05, 0.1) is 39.4 Å². The van der Waals surface area contributed by atoms with E-state index in [0.717, 1.165) is 71.7 Å². The summed E-state index contributed by atoms with van der Waals surface area (Å²) in [7, 11) is 0. The number of hydrogen-bond donors (Lipinski definition) is 0. The van der Waals surface area contributed by atoms with Crippen LogP contribution in [-0.2, 0) is 0 Å². The molecule has 0 atom stereocenters. The average molecular weight is 665 g/mol. The monoisotopic (exact) mass is 664 g/mol. The smallest absolute Gasteiger partial charge is 0.166 e. The highest BCUT2D eigenvalue weighted by atomic mass is 15.1. The summed E-state index contributed by atoms with van der Waals surface area (Å²) in [6.45, 7) is 0. The molecular formula is C46H28N6. The molecule has 0 bridgehead atoms. The molecule has 6 heteroatoms. The predicted molar refractivity (Wildman–Crippen MR) is 210 cm³/mol. The summed E-state index contributed by atoms with van der Waals surface area (Å²) in [5.41, 5.74) is 9.47. The fourth-order valence-corrected chi connectivity index (χ4v) is 7.45. The molecule has 6 nitrogen and oxygen atoms in total. The maximum Gasteiger partial charge on any atom is 0.166 e. The van der Waals surface area contributed by atoms with E-state index in [1.807, 2.05) is 91.0 Å². The van der Waals surface area contributed by atoms with Crippen molar-refractivity contribution in [2.75, 3.05) is 0 Å². The van der Waals surface area contributed by atoms with E-state index >= 15 is 0 Å². The van der Waals surface area contributed by atoms with Crippen molar-refractivity contribution in [3.63, 3.8) is 0 Å². The third-order valence-corrected chi connectivity index (χ3v) is 9.79. The van der Waals surface area contributed by atoms with Crippen molar-refractivity contribution < 1.29 is 0 Å². The van der Waals surface area contributed by atoms with Gasteiger partial charge in [0.15, 0.2) is 17.5 Å². The molecule has 0 aliphatic heterocycles. The molecule has 10 rings (SSSR count). The van der Waals surface area contributed by atoms with Crippen LogP contribution in [0.15, 0.2) is 170 Å². The Hall–Kier alpha value is -7.36. The van der Waals surface area contributed by atoms with Gasteiger partial charge in [-0.25, -0.2) is 15.0 Å². The molecule has 3 heterocycles. The Labute approximate surface area is 299 Å². The van der Waals surface area contributed by atoms with Crippen molar-refractivity contribution in [1.29, 1.82) is 5.26 Å². The lowest BCUT2D eigenvalue weighted by Crippen LogP contribution is -2.04. The first kappa shape index (κ1) is 29.5. The Morgan fingerprint density at radius 1 is 0.404 bits per heavy atom. The maximum atomic E-state index is 9.86. The van der Waals surface area contributed by atoms with Gasteiger partial charge < -0.3 is 9.13 Å². The van der Waals surface area contributed by atoms with Gasteiger partial charge in [0.2, 0.25) is 0 Å². The van der Waals surface area contributed by atoms with Crippen LogP contribution in [0.4, 0.5) is 0 Å². The van der Waals surface area contributed by atoms with Crippen LogP contribution in [0.1, 0.15) is 5.56 Å². The number of aromatic nitrogens is 5. The van der Waals surface area contributed by atoms with Gasteiger partial charge in [-0.05, 0) is 54.6 Å². The Morgan fingerprint density at radius 3 is 1.52 bits per heavy atom. The molecule has 0 spiro atoms. The molecule has 52 heavy (non-hydrogen) atoms. The lowest BCUT2D eigenvalue weighted by molar-refractivity contribution is 1.06. The minimum Gasteiger partial charge on any atom is -0.309 e. The number of hydrogen-bond acceptors (Lipinski definition) is 4. The zero-order valence-corrected chi connectivity index (χ0v) is 27.8. The third kappa shape index (κ3) is 4.68. The van der Waals surface area contributed by atoms with Crippen LogP contribution >= 0.6 is 0 Å². The van der Waals surface area contributed by atoms with Gasteiger partial charge in [0.1, 0.15) is 0 Å². The molecular weight excluding hydrogens is 637 g/mol. The number of rotatable bonds is 5. The number of para-hydroxylation sites is 3. The van der Waals surface area contributed by atoms with Crippen LogP contribution in [0, 0.1) is 11.3 Å². The summed E-state index contributed by atoms with van der Waals surface area (Å²) in [5.74, 6) is 1.76. The summed E-state index contributed by atoms with van der Waals surface area (Å²) < 4.78 is 4.61. The second-order valence-electron chi connectivity index (χ2n) is 12.8. The molecule has 0 saturated heterocycles. The van der Waals surface area contributed by atoms with E-state index in [0.29, 0.717) is 23.0 Å². The first-order chi connectivity index (χ1) is 25.7. The quantitative estimate of drug-likeness (QED) is 0.184. The molecule has 3 aromatic heterocycles. The molecule has 0 aliphatic rings. The standard InChI is InChI=1S/C46H28N6/c47-29-30-24-25-41-36(26-30)34-20-11-13-23-40(34)52(41)43-27-37-35-21-10-12-22-39(35)51(33-18-8-3-9-19-33)42(37)28-38(43)46-49-44(31-14-4-1-5-15-31)48-45(50-46)32-16-6-2-7-17-32/h1-28H. The van der Waals surface area contributed by atoms with Gasteiger partial charge in [-0.1, -0.05) is 115 Å². The van der Waals surface area contributed by atoms with Crippen molar-refractivity contribution >= 4 is 43.6 Å². The zero-order valence-electron chi connectivity index (χ0n) is 27.8. The molecule has 0 fully saturated rings. The molecule has 0 N–H and O–H groups in total. The molecule has 0 unspecified atom stereocenters. The molecule has 242 valence electrons. The summed E-state index contributed by atoms with van der Waals surface area (Å²) >= 11 is 0. The SMILES string of the molecule is N#Cc1ccc2c(c1)c1ccccc1n2-c1cc2c3ccccc3n(-c3ccccc3)c2cc1-c1nc(-c2ccccc2)nc(-c2ccccc2)n1. The minimum absolute atomic E-state index is 0.564. The lowest BCUT2D eigenvalue weighted by atomic mass is 10.1. The number of benzene rings is 7. The van der Waals surface area contributed by atoms with Crippen molar-refractivity contribution in [1.82, 2.24) is 24.1 Å². The van der Waals surface area contributed by atoms with E-state index in [1.54, 1.807) is 0 Å². The number of nitrogens with zero attached hydrogens (tertiary/aromatic N) is 6. The normalized spacial score (nSPS) is 11.4. The van der Waals surface area contributed by atoms with Gasteiger partial charge >= 0.3 is 0 Å². The zero-order chi connectivity index (χ0) is 34.6. The minimum atomic E-state index is 0.564. The average Bonchev–Trinajstić information content (AvgIpc) is 3.73. The molecule has 0 aliphatic carbocycles. The Bertz CT molecular complexity index is 2950. The second kappa shape index (κ2) is 11.9. The molecule has 10 aromatic rings. The van der Waals surface area contributed by atoms with Gasteiger partial charge in [0, 0.05) is 43.9 Å². The third-order valence-electron chi connectivity index (χ3n) is 9.79. The summed E-state index contributed by atoms with van der Waals surface area (Å²) in [6, 6.07) is 60.3. The van der Waals surface area contributed by atoms with Crippen molar-refractivity contribution in [2.24, 2.45) is 0 Å². The van der Waals surface area contributed by atoms with Crippen molar-refractivity contribution in [3.05, 3.63) is 175 Å². The highest BCUT2D eigenvalue weighted by molar-refractivity contribution is 6.14. The summed E-state index contributed by atoms with van der Waals surface area (Å²) in [4.78, 5) is 15.5. The molecule has 7 aromatic carbocycles. The van der Waals surface area contributed by atoms with Crippen molar-refractivity contribution in [3.8, 4) is 51.6 Å². The number of fused-ring (bicyclic) bond motifs is 6. The fraction of sp³-hybridized carbons (Fsp3) is 0. The van der Waals surface area contributed by atoms with Gasteiger partial charge in [-0.2, -0.15) is 5.26 Å². The van der Waals surface area contributed by atoms with Crippen LogP contribution in [0.25, 0.3) is 89.2 Å². The Kier molecular flexibility index (Phi) is 6.76. The predicted octanol–water partition coefficient (Wildman–Crippen LogP) is 10.9. The fourth-order valence-electron chi connectivity index (χ4n) is 7.45. The van der Waals surface area contributed by atoms with Gasteiger partial charge in [-0.3, -0.25) is 0 Å². The Balaban J connectivity index is 1.38. The Morgan fingerprint density at radius 2 is 0.904 bits per heavy atom.